The number of carbonyl (C=O) groups is 1. The number of thiazole rings is 1. The van der Waals surface area contributed by atoms with Crippen molar-refractivity contribution < 1.29 is 4.79 Å². The number of aromatic nitrogens is 3. The molecule has 0 aliphatic carbocycles. The number of fused-ring (bicyclic) bond motifs is 1. The molecule has 0 aliphatic rings. The molecule has 0 atom stereocenters. The van der Waals surface area contributed by atoms with E-state index in [1.54, 1.807) is 22.8 Å². The molecular formula is C17H21Cl2N5OS. The predicted molar refractivity (Wildman–Crippen MR) is 110 cm³/mol. The van der Waals surface area contributed by atoms with E-state index in [-0.39, 0.29) is 18.3 Å². The molecule has 0 saturated carbocycles. The van der Waals surface area contributed by atoms with Gasteiger partial charge < -0.3 is 4.90 Å². The summed E-state index contributed by atoms with van der Waals surface area (Å²) in [6, 6.07) is 5.56. The van der Waals surface area contributed by atoms with Crippen molar-refractivity contribution in [1.29, 1.82) is 0 Å². The molecule has 0 fully saturated rings. The molecule has 0 N–H and O–H groups in total. The van der Waals surface area contributed by atoms with Crippen LogP contribution in [0.3, 0.4) is 0 Å². The zero-order chi connectivity index (χ0) is 18.1. The van der Waals surface area contributed by atoms with Gasteiger partial charge in [-0.05, 0) is 44.8 Å². The summed E-state index contributed by atoms with van der Waals surface area (Å²) in [6.45, 7) is 3.17. The van der Waals surface area contributed by atoms with Crippen LogP contribution >= 0.6 is 35.3 Å². The second kappa shape index (κ2) is 8.35. The van der Waals surface area contributed by atoms with Crippen LogP contribution in [0, 0.1) is 6.92 Å². The zero-order valence-electron chi connectivity index (χ0n) is 15.1. The van der Waals surface area contributed by atoms with Gasteiger partial charge in [0.15, 0.2) is 5.13 Å². The van der Waals surface area contributed by atoms with Crippen LogP contribution in [0.15, 0.2) is 24.4 Å². The maximum atomic E-state index is 13.2. The van der Waals surface area contributed by atoms with Crippen molar-refractivity contribution in [3.63, 3.8) is 0 Å². The Labute approximate surface area is 167 Å². The molecule has 6 nitrogen and oxygen atoms in total. The van der Waals surface area contributed by atoms with E-state index >= 15 is 0 Å². The van der Waals surface area contributed by atoms with E-state index in [1.165, 1.54) is 11.3 Å². The summed E-state index contributed by atoms with van der Waals surface area (Å²) in [5, 5.41) is 5.52. The standard InChI is InChI=1S/C17H20ClN5OS.ClH/c1-11-10-19-22(4)15(11)16(24)23(8-7-21(2)3)17-20-13-6-5-12(18)9-14(13)25-17;/h5-6,9-10H,7-8H2,1-4H3;1H. The lowest BCUT2D eigenvalue weighted by atomic mass is 10.2. The molecular weight excluding hydrogens is 393 g/mol. The summed E-state index contributed by atoms with van der Waals surface area (Å²) in [7, 11) is 5.74. The fraction of sp³-hybridized carbons (Fsp3) is 0.353. The van der Waals surface area contributed by atoms with Crippen LogP contribution in [0.4, 0.5) is 5.13 Å². The van der Waals surface area contributed by atoms with Crippen LogP contribution in [0.1, 0.15) is 16.1 Å². The highest BCUT2D eigenvalue weighted by molar-refractivity contribution is 7.22. The summed E-state index contributed by atoms with van der Waals surface area (Å²) < 4.78 is 2.58. The molecule has 26 heavy (non-hydrogen) atoms. The molecule has 9 heteroatoms. The van der Waals surface area contributed by atoms with E-state index in [2.05, 4.69) is 10.1 Å². The van der Waals surface area contributed by atoms with Gasteiger partial charge in [0, 0.05) is 25.2 Å². The third-order valence-electron chi connectivity index (χ3n) is 3.91. The molecule has 0 saturated heterocycles. The highest BCUT2D eigenvalue weighted by atomic mass is 35.5. The van der Waals surface area contributed by atoms with Crippen LogP contribution in [0.5, 0.6) is 0 Å². The summed E-state index contributed by atoms with van der Waals surface area (Å²) in [4.78, 5) is 21.6. The van der Waals surface area contributed by atoms with Crippen molar-refractivity contribution in [3.05, 3.63) is 40.7 Å². The number of rotatable bonds is 5. The molecule has 2 aromatic heterocycles. The number of amides is 1. The minimum Gasteiger partial charge on any atom is -0.308 e. The summed E-state index contributed by atoms with van der Waals surface area (Å²) in [5.74, 6) is -0.0931. The fourth-order valence-corrected chi connectivity index (χ4v) is 3.83. The summed E-state index contributed by atoms with van der Waals surface area (Å²) in [6.07, 6.45) is 1.70. The molecule has 1 amide bonds. The van der Waals surface area contributed by atoms with E-state index in [1.807, 2.05) is 44.1 Å². The van der Waals surface area contributed by atoms with E-state index in [0.717, 1.165) is 22.3 Å². The first-order chi connectivity index (χ1) is 11.9. The van der Waals surface area contributed by atoms with E-state index < -0.39 is 0 Å². The van der Waals surface area contributed by atoms with Crippen LogP contribution in [0.25, 0.3) is 10.2 Å². The summed E-state index contributed by atoms with van der Waals surface area (Å²) in [5.41, 5.74) is 2.27. The van der Waals surface area contributed by atoms with Crippen molar-refractivity contribution in [2.75, 3.05) is 32.1 Å². The minimum atomic E-state index is -0.0931. The Morgan fingerprint density at radius 2 is 2.04 bits per heavy atom. The first-order valence-corrected chi connectivity index (χ1v) is 9.07. The summed E-state index contributed by atoms with van der Waals surface area (Å²) >= 11 is 7.55. The SMILES string of the molecule is Cc1cnn(C)c1C(=O)N(CCN(C)C)c1nc2ccc(Cl)cc2s1.Cl. The van der Waals surface area contributed by atoms with E-state index in [9.17, 15) is 4.79 Å². The van der Waals surface area contributed by atoms with Gasteiger partial charge in [0.1, 0.15) is 5.69 Å². The van der Waals surface area contributed by atoms with Gasteiger partial charge >= 0.3 is 0 Å². The van der Waals surface area contributed by atoms with Gasteiger partial charge in [-0.3, -0.25) is 14.4 Å². The minimum absolute atomic E-state index is 0. The van der Waals surface area contributed by atoms with Gasteiger partial charge in [0.25, 0.3) is 5.91 Å². The second-order valence-electron chi connectivity index (χ2n) is 6.17. The van der Waals surface area contributed by atoms with Gasteiger partial charge in [-0.15, -0.1) is 12.4 Å². The number of likely N-dealkylation sites (N-methyl/N-ethyl adjacent to an activating group) is 1. The number of hydrogen-bond acceptors (Lipinski definition) is 5. The number of anilines is 1. The van der Waals surface area contributed by atoms with Gasteiger partial charge in [-0.1, -0.05) is 22.9 Å². The number of aryl methyl sites for hydroxylation is 2. The van der Waals surface area contributed by atoms with Gasteiger partial charge in [0.05, 0.1) is 16.4 Å². The van der Waals surface area contributed by atoms with E-state index in [0.29, 0.717) is 22.4 Å². The second-order valence-corrected chi connectivity index (χ2v) is 7.61. The largest absolute Gasteiger partial charge is 0.308 e. The Hall–Kier alpha value is -1.67. The molecule has 0 unspecified atom stereocenters. The lowest BCUT2D eigenvalue weighted by Crippen LogP contribution is -2.38. The molecule has 3 rings (SSSR count). The third-order valence-corrected chi connectivity index (χ3v) is 5.19. The topological polar surface area (TPSA) is 54.3 Å². The Balaban J connectivity index is 0.00000243. The number of hydrogen-bond donors (Lipinski definition) is 0. The van der Waals surface area contributed by atoms with Crippen LogP contribution in [-0.4, -0.2) is 52.8 Å². The molecule has 0 spiro atoms. The Morgan fingerprint density at radius 1 is 1.31 bits per heavy atom. The Kier molecular flexibility index (Phi) is 6.63. The first-order valence-electron chi connectivity index (χ1n) is 7.88. The third kappa shape index (κ3) is 4.17. The van der Waals surface area contributed by atoms with Crippen LogP contribution in [-0.2, 0) is 7.05 Å². The zero-order valence-corrected chi connectivity index (χ0v) is 17.5. The molecule has 0 radical (unpaired) electrons. The van der Waals surface area contributed by atoms with Crippen molar-refractivity contribution >= 4 is 56.6 Å². The van der Waals surface area contributed by atoms with Gasteiger partial charge in [0.2, 0.25) is 0 Å². The van der Waals surface area contributed by atoms with E-state index in [4.69, 9.17) is 11.6 Å². The van der Waals surface area contributed by atoms with Gasteiger partial charge in [-0.2, -0.15) is 5.10 Å². The maximum absolute atomic E-state index is 13.2. The molecule has 140 valence electrons. The Morgan fingerprint density at radius 3 is 2.65 bits per heavy atom. The number of nitrogens with zero attached hydrogens (tertiary/aromatic N) is 5. The smallest absolute Gasteiger partial charge is 0.278 e. The maximum Gasteiger partial charge on any atom is 0.278 e. The average Bonchev–Trinajstić information content (AvgIpc) is 3.09. The number of benzene rings is 1. The molecule has 2 heterocycles. The molecule has 1 aromatic carbocycles. The first kappa shape index (κ1) is 20.6. The monoisotopic (exact) mass is 413 g/mol. The highest BCUT2D eigenvalue weighted by Crippen LogP contribution is 2.31. The molecule has 0 aliphatic heterocycles. The molecule has 0 bridgehead atoms. The fourth-order valence-electron chi connectivity index (χ4n) is 2.57. The van der Waals surface area contributed by atoms with Crippen LogP contribution in [0.2, 0.25) is 5.02 Å². The lowest BCUT2D eigenvalue weighted by molar-refractivity contribution is 0.0975. The number of halogens is 2. The molecule has 3 aromatic rings. The van der Waals surface area contributed by atoms with Crippen LogP contribution < -0.4 is 4.90 Å². The lowest BCUT2D eigenvalue weighted by Gasteiger charge is -2.22. The van der Waals surface area contributed by atoms with Crippen molar-refractivity contribution in [2.45, 2.75) is 6.92 Å². The quantitative estimate of drug-likeness (QED) is 0.640. The Bertz CT molecular complexity index is 902. The predicted octanol–water partition coefficient (Wildman–Crippen LogP) is 3.62. The average molecular weight is 414 g/mol. The van der Waals surface area contributed by atoms with Gasteiger partial charge in [-0.25, -0.2) is 4.98 Å². The van der Waals surface area contributed by atoms with Crippen molar-refractivity contribution in [2.24, 2.45) is 7.05 Å². The highest BCUT2D eigenvalue weighted by Gasteiger charge is 2.25. The number of carbonyl (C=O) groups excluding carboxylic acids is 1. The normalized spacial score (nSPS) is 11.0. The van der Waals surface area contributed by atoms with Crippen molar-refractivity contribution in [1.82, 2.24) is 19.7 Å². The van der Waals surface area contributed by atoms with Crippen molar-refractivity contribution in [3.8, 4) is 0 Å².